The fourth-order valence-electron chi connectivity index (χ4n) is 4.58. The molecule has 2 heterocycles. The molecule has 2 atom stereocenters. The SMILES string of the molecule is CC(C)(C)OC(=O)n1ncc2c1CC[C@H](N1CCC(Cc3c(Cl)cc(O)cc3Cl)C1=O)C2. The van der Waals surface area contributed by atoms with Crippen LogP contribution in [0.2, 0.25) is 10.0 Å². The molecule has 32 heavy (non-hydrogen) atoms. The number of aromatic nitrogens is 2. The molecule has 1 saturated heterocycles. The molecule has 0 bridgehead atoms. The molecule has 4 rings (SSSR count). The maximum absolute atomic E-state index is 13.2. The molecule has 1 aliphatic heterocycles. The zero-order valence-corrected chi connectivity index (χ0v) is 19.9. The average molecular weight is 480 g/mol. The molecule has 1 aromatic heterocycles. The van der Waals surface area contributed by atoms with E-state index in [-0.39, 0.29) is 23.6 Å². The molecule has 0 radical (unpaired) electrons. The van der Waals surface area contributed by atoms with Crippen molar-refractivity contribution in [1.82, 2.24) is 14.7 Å². The Labute approximate surface area is 197 Å². The van der Waals surface area contributed by atoms with E-state index in [9.17, 15) is 14.7 Å². The quantitative estimate of drug-likeness (QED) is 0.693. The van der Waals surface area contributed by atoms with Crippen LogP contribution in [-0.2, 0) is 28.8 Å². The molecular weight excluding hydrogens is 453 g/mol. The van der Waals surface area contributed by atoms with Crippen molar-refractivity contribution >= 4 is 35.2 Å². The van der Waals surface area contributed by atoms with Crippen LogP contribution >= 0.6 is 23.2 Å². The largest absolute Gasteiger partial charge is 0.508 e. The van der Waals surface area contributed by atoms with E-state index in [2.05, 4.69) is 5.10 Å². The van der Waals surface area contributed by atoms with Gasteiger partial charge in [-0.15, -0.1) is 0 Å². The van der Waals surface area contributed by atoms with Crippen LogP contribution in [0.1, 0.15) is 50.4 Å². The standard InChI is InChI=1S/C23H27Cl2N3O4/c1-23(2,3)32-22(31)28-20-5-4-15(8-14(20)12-26-28)27-7-6-13(21(27)30)9-17-18(24)10-16(29)11-19(17)25/h10-13,15,29H,4-9H2,1-3H3/t13?,15-/m0/s1. The number of phenols is 1. The summed E-state index contributed by atoms with van der Waals surface area (Å²) in [6.45, 7) is 6.15. The van der Waals surface area contributed by atoms with Gasteiger partial charge in [-0.05, 0) is 76.1 Å². The summed E-state index contributed by atoms with van der Waals surface area (Å²) in [5, 5.41) is 14.6. The van der Waals surface area contributed by atoms with Gasteiger partial charge in [0.1, 0.15) is 11.4 Å². The van der Waals surface area contributed by atoms with Crippen molar-refractivity contribution in [2.75, 3.05) is 6.54 Å². The van der Waals surface area contributed by atoms with Gasteiger partial charge in [-0.25, -0.2) is 4.79 Å². The fraction of sp³-hybridized carbons (Fsp3) is 0.522. The number of nitrogens with zero attached hydrogens (tertiary/aromatic N) is 3. The van der Waals surface area contributed by atoms with Crippen molar-refractivity contribution in [2.45, 2.75) is 64.5 Å². The van der Waals surface area contributed by atoms with Crippen molar-refractivity contribution in [1.29, 1.82) is 0 Å². The number of likely N-dealkylation sites (tertiary alicyclic amines) is 1. The van der Waals surface area contributed by atoms with Crippen LogP contribution < -0.4 is 0 Å². The molecule has 1 aliphatic carbocycles. The van der Waals surface area contributed by atoms with Crippen LogP contribution in [0.15, 0.2) is 18.3 Å². The van der Waals surface area contributed by atoms with Gasteiger partial charge in [-0.2, -0.15) is 9.78 Å². The lowest BCUT2D eigenvalue weighted by molar-refractivity contribution is -0.133. The van der Waals surface area contributed by atoms with Gasteiger partial charge in [-0.1, -0.05) is 23.2 Å². The first kappa shape index (κ1) is 22.9. The smallest absolute Gasteiger partial charge is 0.435 e. The lowest BCUT2D eigenvalue weighted by Crippen LogP contribution is -2.41. The molecule has 172 valence electrons. The maximum atomic E-state index is 13.2. The highest BCUT2D eigenvalue weighted by atomic mass is 35.5. The molecule has 0 spiro atoms. The molecular formula is C23H27Cl2N3O4. The number of phenolic OH excluding ortho intramolecular Hbond substituents is 1. The van der Waals surface area contributed by atoms with Crippen molar-refractivity contribution in [2.24, 2.45) is 5.92 Å². The van der Waals surface area contributed by atoms with Gasteiger partial charge in [0.15, 0.2) is 0 Å². The van der Waals surface area contributed by atoms with Crippen LogP contribution in [0.25, 0.3) is 0 Å². The van der Waals surface area contributed by atoms with Gasteiger partial charge in [0.2, 0.25) is 5.91 Å². The summed E-state index contributed by atoms with van der Waals surface area (Å²) in [6.07, 6.45) is 4.49. The van der Waals surface area contributed by atoms with Gasteiger partial charge in [0.05, 0.1) is 11.9 Å². The van der Waals surface area contributed by atoms with E-state index in [1.54, 1.807) is 6.20 Å². The Balaban J connectivity index is 1.44. The topological polar surface area (TPSA) is 84.7 Å². The number of carbonyl (C=O) groups is 2. The third kappa shape index (κ3) is 4.59. The van der Waals surface area contributed by atoms with Crippen LogP contribution in [0.3, 0.4) is 0 Å². The van der Waals surface area contributed by atoms with Crippen LogP contribution in [0.4, 0.5) is 4.79 Å². The summed E-state index contributed by atoms with van der Waals surface area (Å²) in [6, 6.07) is 2.97. The minimum Gasteiger partial charge on any atom is -0.508 e. The average Bonchev–Trinajstić information content (AvgIpc) is 3.26. The molecule has 7 nitrogen and oxygen atoms in total. The zero-order chi connectivity index (χ0) is 23.2. The Bertz CT molecular complexity index is 1040. The highest BCUT2D eigenvalue weighted by Crippen LogP contribution is 2.35. The fourth-order valence-corrected chi connectivity index (χ4v) is 5.21. The Morgan fingerprint density at radius 3 is 2.59 bits per heavy atom. The monoisotopic (exact) mass is 479 g/mol. The molecule has 9 heteroatoms. The molecule has 1 aromatic carbocycles. The number of benzene rings is 1. The summed E-state index contributed by atoms with van der Waals surface area (Å²) in [5.41, 5.74) is 1.94. The summed E-state index contributed by atoms with van der Waals surface area (Å²) in [4.78, 5) is 27.6. The van der Waals surface area contributed by atoms with Crippen molar-refractivity contribution < 1.29 is 19.4 Å². The zero-order valence-electron chi connectivity index (χ0n) is 18.4. The summed E-state index contributed by atoms with van der Waals surface area (Å²) < 4.78 is 6.80. The number of hydrogen-bond donors (Lipinski definition) is 1. The van der Waals surface area contributed by atoms with Crippen molar-refractivity contribution in [3.05, 3.63) is 45.2 Å². The number of aromatic hydroxyl groups is 1. The predicted molar refractivity (Wildman–Crippen MR) is 121 cm³/mol. The van der Waals surface area contributed by atoms with E-state index in [0.29, 0.717) is 41.4 Å². The third-order valence-electron chi connectivity index (χ3n) is 6.06. The van der Waals surface area contributed by atoms with Gasteiger partial charge in [0.25, 0.3) is 0 Å². The summed E-state index contributed by atoms with van der Waals surface area (Å²) in [7, 11) is 0. The van der Waals surface area contributed by atoms with Crippen molar-refractivity contribution in [3.63, 3.8) is 0 Å². The normalized spacial score (nSPS) is 21.0. The molecule has 2 aromatic rings. The summed E-state index contributed by atoms with van der Waals surface area (Å²) >= 11 is 12.5. The molecule has 1 fully saturated rings. The van der Waals surface area contributed by atoms with E-state index in [4.69, 9.17) is 27.9 Å². The van der Waals surface area contributed by atoms with Gasteiger partial charge in [0, 0.05) is 28.5 Å². The maximum Gasteiger partial charge on any atom is 0.435 e. The van der Waals surface area contributed by atoms with Gasteiger partial charge >= 0.3 is 6.09 Å². The van der Waals surface area contributed by atoms with Gasteiger partial charge < -0.3 is 14.7 Å². The Hall–Kier alpha value is -2.25. The first-order valence-corrected chi connectivity index (χ1v) is 11.6. The second-order valence-corrected chi connectivity index (χ2v) is 10.3. The van der Waals surface area contributed by atoms with Gasteiger partial charge in [-0.3, -0.25) is 4.79 Å². The summed E-state index contributed by atoms with van der Waals surface area (Å²) in [5.74, 6) is -0.0910. The molecule has 0 saturated carbocycles. The first-order valence-electron chi connectivity index (χ1n) is 10.8. The lowest BCUT2D eigenvalue weighted by Gasteiger charge is -2.31. The Morgan fingerprint density at radius 2 is 1.94 bits per heavy atom. The number of hydrogen-bond acceptors (Lipinski definition) is 5. The molecule has 1 unspecified atom stereocenters. The Kier molecular flexibility index (Phi) is 6.16. The second-order valence-electron chi connectivity index (χ2n) is 9.51. The third-order valence-corrected chi connectivity index (χ3v) is 6.73. The van der Waals surface area contributed by atoms with Crippen LogP contribution in [-0.4, -0.2) is 50.0 Å². The highest BCUT2D eigenvalue weighted by molar-refractivity contribution is 6.36. The minimum absolute atomic E-state index is 0.00747. The molecule has 1 N–H and O–H groups in total. The minimum atomic E-state index is -0.590. The van der Waals surface area contributed by atoms with E-state index in [1.807, 2.05) is 25.7 Å². The predicted octanol–water partition coefficient (Wildman–Crippen LogP) is 4.63. The number of carbonyl (C=O) groups excluding carboxylic acids is 2. The van der Waals surface area contributed by atoms with E-state index in [0.717, 1.165) is 24.1 Å². The first-order chi connectivity index (χ1) is 15.0. The highest BCUT2D eigenvalue weighted by Gasteiger charge is 2.38. The van der Waals surface area contributed by atoms with E-state index >= 15 is 0 Å². The van der Waals surface area contributed by atoms with Crippen LogP contribution in [0.5, 0.6) is 5.75 Å². The Morgan fingerprint density at radius 1 is 1.25 bits per heavy atom. The lowest BCUT2D eigenvalue weighted by atomic mass is 9.92. The van der Waals surface area contributed by atoms with Crippen molar-refractivity contribution in [3.8, 4) is 5.75 Å². The number of rotatable bonds is 3. The molecule has 1 amide bonds. The second kappa shape index (κ2) is 8.60. The van der Waals surface area contributed by atoms with Crippen LogP contribution in [0, 0.1) is 5.92 Å². The number of ether oxygens (including phenoxy) is 1. The number of fused-ring (bicyclic) bond motifs is 1. The van der Waals surface area contributed by atoms with E-state index in [1.165, 1.54) is 16.8 Å². The molecule has 2 aliphatic rings. The van der Waals surface area contributed by atoms with E-state index < -0.39 is 11.7 Å². The number of halogens is 2. The number of amides is 1.